The van der Waals surface area contributed by atoms with E-state index in [1.165, 1.54) is 7.11 Å². The molecule has 0 bridgehead atoms. The van der Waals surface area contributed by atoms with E-state index in [0.29, 0.717) is 0 Å². The summed E-state index contributed by atoms with van der Waals surface area (Å²) in [4.78, 5) is 0. The van der Waals surface area contributed by atoms with Gasteiger partial charge in [0.2, 0.25) is 0 Å². The minimum absolute atomic E-state index is 0.0664. The molecular weight excluding hydrogens is 117 g/mol. The molecule has 0 heterocycles. The summed E-state index contributed by atoms with van der Waals surface area (Å²) >= 11 is 0. The van der Waals surface area contributed by atoms with E-state index in [4.69, 9.17) is 5.73 Å². The molecule has 5 heteroatoms. The van der Waals surface area contributed by atoms with Gasteiger partial charge in [-0.15, -0.1) is 9.05 Å². The lowest BCUT2D eigenvalue weighted by atomic mass is 11.4. The van der Waals surface area contributed by atoms with Crippen LogP contribution in [0.3, 0.4) is 0 Å². The van der Waals surface area contributed by atoms with Gasteiger partial charge >= 0.3 is 8.25 Å². The number of nitrogens with two attached hydrogens (primary N) is 1. The largest absolute Gasteiger partial charge is 0.698 e. The Balaban J connectivity index is 3.00. The van der Waals surface area contributed by atoms with Crippen LogP contribution in [0, 0.1) is 0 Å². The molecule has 42 valence electrons. The van der Waals surface area contributed by atoms with Gasteiger partial charge in [0.25, 0.3) is 0 Å². The Kier molecular flexibility index (Phi) is 4.14. The lowest BCUT2D eigenvalue weighted by Gasteiger charge is -1.74. The zero-order valence-electron chi connectivity index (χ0n) is 3.96. The average Bonchev–Trinajstić information content (AvgIpc) is 1.68. The van der Waals surface area contributed by atoms with Gasteiger partial charge in [-0.05, 0) is 0 Å². The molecule has 1 unspecified atom stereocenters. The number of hydrogen-bond donors (Lipinski definition) is 1. The van der Waals surface area contributed by atoms with Gasteiger partial charge in [0.15, 0.2) is 6.73 Å². The van der Waals surface area contributed by atoms with Crippen molar-refractivity contribution in [2.75, 3.05) is 13.8 Å². The molecule has 2 N–H and O–H groups in total. The Labute approximate surface area is 42.5 Å². The first-order valence-electron chi connectivity index (χ1n) is 1.65. The maximum Gasteiger partial charge on any atom is 0.698 e. The lowest BCUT2D eigenvalue weighted by molar-refractivity contribution is 0.263. The van der Waals surface area contributed by atoms with Gasteiger partial charge in [-0.1, -0.05) is 0 Å². The fraction of sp³-hybridized carbons (Fsp3) is 1.00. The van der Waals surface area contributed by atoms with E-state index < -0.39 is 8.25 Å². The second kappa shape index (κ2) is 4.15. The minimum Gasteiger partial charge on any atom is -0.304 e. The summed E-state index contributed by atoms with van der Waals surface area (Å²) in [6.07, 6.45) is 0. The van der Waals surface area contributed by atoms with E-state index in [-0.39, 0.29) is 6.73 Å². The monoisotopic (exact) mass is 124 g/mol. The van der Waals surface area contributed by atoms with Crippen molar-refractivity contribution in [3.05, 3.63) is 0 Å². The molecule has 0 aromatic heterocycles. The molecule has 0 rings (SSSR count). The molecule has 0 saturated carbocycles. The van der Waals surface area contributed by atoms with Gasteiger partial charge in [-0.25, -0.2) is 0 Å². The Morgan fingerprint density at radius 3 is 2.57 bits per heavy atom. The van der Waals surface area contributed by atoms with E-state index >= 15 is 0 Å². The van der Waals surface area contributed by atoms with Gasteiger partial charge in [-0.2, -0.15) is 0 Å². The predicted molar refractivity (Wildman–Crippen MR) is 24.8 cm³/mol. The second-order valence-electron chi connectivity index (χ2n) is 0.702. The normalized spacial score (nSPS) is 11.4. The van der Waals surface area contributed by atoms with Gasteiger partial charge in [0.1, 0.15) is 0 Å². The Morgan fingerprint density at radius 1 is 1.86 bits per heavy atom. The number of rotatable bonds is 3. The molecule has 0 aromatic carbocycles. The molecule has 0 saturated heterocycles. The molecule has 0 spiro atoms. The molecule has 1 atom stereocenters. The SMILES string of the molecule is CO[P+](=O)OCN. The highest BCUT2D eigenvalue weighted by atomic mass is 31.1. The summed E-state index contributed by atoms with van der Waals surface area (Å²) in [7, 11) is -0.667. The third kappa shape index (κ3) is 3.82. The van der Waals surface area contributed by atoms with Crippen LogP contribution in [0.25, 0.3) is 0 Å². The Hall–Kier alpha value is -0.0200. The standard InChI is InChI=1S/C2H7NO3P/c1-5-7(4)6-2-3/h2-3H2,1H3/q+1. The van der Waals surface area contributed by atoms with Crippen LogP contribution in [0.2, 0.25) is 0 Å². The summed E-state index contributed by atoms with van der Waals surface area (Å²) in [6, 6.07) is 0. The predicted octanol–water partition coefficient (Wildman–Crippen LogP) is 0.223. The van der Waals surface area contributed by atoms with E-state index in [1.807, 2.05) is 0 Å². The highest BCUT2D eigenvalue weighted by molar-refractivity contribution is 7.33. The molecule has 0 radical (unpaired) electrons. The van der Waals surface area contributed by atoms with E-state index in [9.17, 15) is 4.57 Å². The van der Waals surface area contributed by atoms with Gasteiger partial charge in [-0.3, -0.25) is 0 Å². The summed E-state index contributed by atoms with van der Waals surface area (Å²) in [6.45, 7) is -0.0664. The van der Waals surface area contributed by atoms with Crippen LogP contribution in [-0.4, -0.2) is 13.8 Å². The quantitative estimate of drug-likeness (QED) is 0.432. The van der Waals surface area contributed by atoms with Crippen LogP contribution >= 0.6 is 8.25 Å². The van der Waals surface area contributed by atoms with Crippen molar-refractivity contribution in [1.29, 1.82) is 0 Å². The van der Waals surface area contributed by atoms with Crippen molar-refractivity contribution >= 4 is 8.25 Å². The van der Waals surface area contributed by atoms with Crippen LogP contribution in [0.4, 0.5) is 0 Å². The minimum atomic E-state index is -1.95. The second-order valence-corrected chi connectivity index (χ2v) is 1.77. The van der Waals surface area contributed by atoms with Crippen LogP contribution in [0.1, 0.15) is 0 Å². The average molecular weight is 124 g/mol. The van der Waals surface area contributed by atoms with Crippen LogP contribution in [0.5, 0.6) is 0 Å². The zero-order valence-corrected chi connectivity index (χ0v) is 4.85. The van der Waals surface area contributed by atoms with E-state index in [0.717, 1.165) is 0 Å². The van der Waals surface area contributed by atoms with E-state index in [2.05, 4.69) is 9.05 Å². The van der Waals surface area contributed by atoms with Crippen molar-refractivity contribution in [2.24, 2.45) is 5.73 Å². The molecule has 0 aliphatic heterocycles. The van der Waals surface area contributed by atoms with E-state index in [1.54, 1.807) is 0 Å². The van der Waals surface area contributed by atoms with Crippen molar-refractivity contribution in [2.45, 2.75) is 0 Å². The fourth-order valence-electron chi connectivity index (χ4n) is 0.114. The van der Waals surface area contributed by atoms with Crippen LogP contribution in [0.15, 0.2) is 0 Å². The highest BCUT2D eigenvalue weighted by Crippen LogP contribution is 2.19. The summed E-state index contributed by atoms with van der Waals surface area (Å²) in [5.41, 5.74) is 4.82. The van der Waals surface area contributed by atoms with Crippen molar-refractivity contribution in [1.82, 2.24) is 0 Å². The maximum atomic E-state index is 10.0. The summed E-state index contributed by atoms with van der Waals surface area (Å²) < 4.78 is 18.5. The molecule has 0 aliphatic carbocycles. The van der Waals surface area contributed by atoms with Crippen molar-refractivity contribution < 1.29 is 13.6 Å². The first-order chi connectivity index (χ1) is 3.31. The highest BCUT2D eigenvalue weighted by Gasteiger charge is 2.13. The first kappa shape index (κ1) is 6.98. The Bertz CT molecular complexity index is 66.0. The third-order valence-corrected chi connectivity index (χ3v) is 0.987. The first-order valence-corrected chi connectivity index (χ1v) is 2.75. The summed E-state index contributed by atoms with van der Waals surface area (Å²) in [5, 5.41) is 0. The Morgan fingerprint density at radius 2 is 2.43 bits per heavy atom. The molecular formula is C2H7NO3P+. The zero-order chi connectivity index (χ0) is 5.70. The number of hydrogen-bond acceptors (Lipinski definition) is 4. The molecule has 7 heavy (non-hydrogen) atoms. The van der Waals surface area contributed by atoms with Gasteiger partial charge in [0.05, 0.1) is 7.11 Å². The smallest absolute Gasteiger partial charge is 0.304 e. The molecule has 0 aromatic rings. The lowest BCUT2D eigenvalue weighted by Crippen LogP contribution is -1.98. The van der Waals surface area contributed by atoms with Gasteiger partial charge in [0, 0.05) is 4.57 Å². The van der Waals surface area contributed by atoms with Crippen LogP contribution < -0.4 is 5.73 Å². The third-order valence-electron chi connectivity index (χ3n) is 0.329. The van der Waals surface area contributed by atoms with Gasteiger partial charge < -0.3 is 5.73 Å². The molecule has 0 amide bonds. The van der Waals surface area contributed by atoms with Crippen molar-refractivity contribution in [3.8, 4) is 0 Å². The van der Waals surface area contributed by atoms with Crippen LogP contribution in [-0.2, 0) is 13.6 Å². The topological polar surface area (TPSA) is 61.5 Å². The summed E-state index contributed by atoms with van der Waals surface area (Å²) in [5.74, 6) is 0. The molecule has 4 nitrogen and oxygen atoms in total. The fourth-order valence-corrected chi connectivity index (χ4v) is 0.341. The molecule has 0 fully saturated rings. The van der Waals surface area contributed by atoms with Crippen molar-refractivity contribution in [3.63, 3.8) is 0 Å². The molecule has 0 aliphatic rings. The maximum absolute atomic E-state index is 10.0.